The number of benzene rings is 1. The van der Waals surface area contributed by atoms with Crippen LogP contribution in [0.4, 0.5) is 0 Å². The number of hydrogen-bond donors (Lipinski definition) is 1. The quantitative estimate of drug-likeness (QED) is 0.191. The molecular formula is C22H29N3O4S. The van der Waals surface area contributed by atoms with Gasteiger partial charge in [-0.05, 0) is 37.6 Å². The van der Waals surface area contributed by atoms with Gasteiger partial charge in [-0.25, -0.2) is 4.79 Å². The molecule has 1 aliphatic heterocycles. The third-order valence-corrected chi connectivity index (χ3v) is 5.03. The largest absolute Gasteiger partial charge is 0.356 e. The molecule has 1 aromatic carbocycles. The first-order valence-electron chi connectivity index (χ1n) is 9.98. The molecule has 1 heterocycles. The zero-order chi connectivity index (χ0) is 22.5. The van der Waals surface area contributed by atoms with E-state index >= 15 is 0 Å². The van der Waals surface area contributed by atoms with Gasteiger partial charge in [0.15, 0.2) is 5.94 Å². The second-order valence-corrected chi connectivity index (χ2v) is 7.02. The lowest BCUT2D eigenvalue weighted by molar-refractivity contribution is -0.169. The summed E-state index contributed by atoms with van der Waals surface area (Å²) in [6, 6.07) is 7.04. The summed E-state index contributed by atoms with van der Waals surface area (Å²) in [6.45, 7) is 11.7. The number of allylic oxidation sites excluding steroid dienone is 1. The summed E-state index contributed by atoms with van der Waals surface area (Å²) >= 11 is 1.41. The van der Waals surface area contributed by atoms with Crippen LogP contribution in [0.1, 0.15) is 70.5 Å². The number of aliphatic imine (C=N–C) groups is 1. The Bertz CT molecular complexity index is 798. The van der Waals surface area contributed by atoms with Gasteiger partial charge < -0.3 is 4.84 Å². The number of nitrogens with zero attached hydrogens (tertiary/aromatic N) is 2. The van der Waals surface area contributed by atoms with Crippen molar-refractivity contribution in [3.8, 4) is 0 Å². The highest BCUT2D eigenvalue weighted by Gasteiger charge is 2.32. The van der Waals surface area contributed by atoms with Gasteiger partial charge in [-0.3, -0.25) is 19.3 Å². The van der Waals surface area contributed by atoms with Crippen molar-refractivity contribution in [2.75, 3.05) is 0 Å². The molecule has 7 nitrogen and oxygen atoms in total. The predicted octanol–water partition coefficient (Wildman–Crippen LogP) is 4.61. The van der Waals surface area contributed by atoms with E-state index in [1.807, 2.05) is 39.0 Å². The number of unbranched alkanes of at least 4 members (excludes halogenated alkanes) is 1. The summed E-state index contributed by atoms with van der Waals surface area (Å²) in [5.41, 5.74) is 1.41. The van der Waals surface area contributed by atoms with Crippen molar-refractivity contribution in [3.05, 3.63) is 46.5 Å². The Balaban J connectivity index is 0.00000218. The summed E-state index contributed by atoms with van der Waals surface area (Å²) < 4.78 is 3.29. The maximum Gasteiger partial charge on any atom is 0.263 e. The van der Waals surface area contributed by atoms with E-state index in [1.54, 1.807) is 18.1 Å². The van der Waals surface area contributed by atoms with Crippen LogP contribution in [-0.2, 0) is 19.2 Å². The van der Waals surface area contributed by atoms with E-state index in [-0.39, 0.29) is 24.6 Å². The minimum Gasteiger partial charge on any atom is -0.356 e. The minimum atomic E-state index is -0.466. The van der Waals surface area contributed by atoms with E-state index in [4.69, 9.17) is 4.84 Å². The van der Waals surface area contributed by atoms with Crippen molar-refractivity contribution in [2.45, 2.75) is 59.4 Å². The van der Waals surface area contributed by atoms with Gasteiger partial charge in [0, 0.05) is 24.4 Å². The van der Waals surface area contributed by atoms with E-state index < -0.39 is 11.8 Å². The van der Waals surface area contributed by atoms with Gasteiger partial charge in [0.2, 0.25) is 5.76 Å². The number of carbonyl (C=O) groups is 2. The fourth-order valence-electron chi connectivity index (χ4n) is 2.43. The van der Waals surface area contributed by atoms with E-state index in [2.05, 4.69) is 23.4 Å². The zero-order valence-electron chi connectivity index (χ0n) is 17.9. The van der Waals surface area contributed by atoms with E-state index in [0.717, 1.165) is 23.4 Å². The molecule has 1 fully saturated rings. The molecule has 2 amide bonds. The zero-order valence-corrected chi connectivity index (χ0v) is 18.8. The third-order valence-electron chi connectivity index (χ3n) is 4.06. The first-order valence-corrected chi connectivity index (χ1v) is 10.8. The molecule has 2 rings (SSSR count). The fraction of sp³-hybridized carbons (Fsp3) is 0.409. The molecule has 30 heavy (non-hydrogen) atoms. The summed E-state index contributed by atoms with van der Waals surface area (Å²) in [4.78, 5) is 43.7. The van der Waals surface area contributed by atoms with Gasteiger partial charge in [-0.2, -0.15) is 0 Å². The van der Waals surface area contributed by atoms with Crippen molar-refractivity contribution >= 4 is 42.2 Å². The molecule has 1 saturated heterocycles. The third kappa shape index (κ3) is 7.30. The Hall–Kier alpha value is -2.67. The fourth-order valence-corrected chi connectivity index (χ4v) is 3.13. The van der Waals surface area contributed by atoms with Crippen LogP contribution >= 0.6 is 11.9 Å². The SMILES string of the molecule is C=N/C(=C\CCC)SNC(C)c1ccc(C(=C=O)ON2C(=O)CCC2=O)cc1.CC. The van der Waals surface area contributed by atoms with Gasteiger partial charge in [0.1, 0.15) is 5.03 Å². The van der Waals surface area contributed by atoms with Gasteiger partial charge in [0.05, 0.1) is 0 Å². The Labute approximate surface area is 182 Å². The van der Waals surface area contributed by atoms with E-state index in [0.29, 0.717) is 10.6 Å². The first-order chi connectivity index (χ1) is 14.5. The lowest BCUT2D eigenvalue weighted by Gasteiger charge is -2.16. The normalized spacial score (nSPS) is 14.5. The molecule has 0 aromatic heterocycles. The van der Waals surface area contributed by atoms with Crippen molar-refractivity contribution < 1.29 is 19.2 Å². The molecule has 1 aliphatic rings. The first kappa shape index (κ1) is 25.4. The van der Waals surface area contributed by atoms with Crippen molar-refractivity contribution in [3.63, 3.8) is 0 Å². The number of nitrogens with one attached hydrogen (secondary N) is 1. The lowest BCUT2D eigenvalue weighted by Crippen LogP contribution is -2.28. The second kappa shape index (κ2) is 13.5. The van der Waals surface area contributed by atoms with E-state index in [9.17, 15) is 14.4 Å². The molecule has 0 spiro atoms. The molecule has 8 heteroatoms. The van der Waals surface area contributed by atoms with Crippen molar-refractivity contribution in [1.82, 2.24) is 9.79 Å². The average molecular weight is 432 g/mol. The standard InChI is InChI=1S/C20H23N3O4S.C2H6/c1-4-5-6-18(21-3)28-22-14(2)15-7-9-16(10-8-15)17(13-24)27-23-19(25)11-12-20(23)26;1-2/h6-10,14,22H,3-5,11-12H2,1-2H3;1-2H3/b18-6+;. The van der Waals surface area contributed by atoms with E-state index in [1.165, 1.54) is 11.9 Å². The van der Waals surface area contributed by atoms with Crippen LogP contribution in [0.25, 0.3) is 5.76 Å². The molecule has 0 saturated carbocycles. The summed E-state index contributed by atoms with van der Waals surface area (Å²) in [5.74, 6) is 0.520. The highest BCUT2D eigenvalue weighted by molar-refractivity contribution is 8.01. The molecule has 1 aromatic rings. The summed E-state index contributed by atoms with van der Waals surface area (Å²) in [6.07, 6.45) is 4.17. The van der Waals surface area contributed by atoms with Crippen LogP contribution in [0.2, 0.25) is 0 Å². The van der Waals surface area contributed by atoms with Crippen molar-refractivity contribution in [2.24, 2.45) is 4.99 Å². The molecule has 0 bridgehead atoms. The number of imide groups is 1. The maximum absolute atomic E-state index is 11.6. The predicted molar refractivity (Wildman–Crippen MR) is 121 cm³/mol. The van der Waals surface area contributed by atoms with Crippen LogP contribution in [0.5, 0.6) is 0 Å². The van der Waals surface area contributed by atoms with Crippen LogP contribution in [0, 0.1) is 0 Å². The van der Waals surface area contributed by atoms with Crippen LogP contribution < -0.4 is 4.72 Å². The Morgan fingerprint density at radius 2 is 1.90 bits per heavy atom. The van der Waals surface area contributed by atoms with Gasteiger partial charge >= 0.3 is 0 Å². The number of rotatable bonds is 10. The second-order valence-electron chi connectivity index (χ2n) is 6.16. The van der Waals surface area contributed by atoms with Crippen LogP contribution in [-0.4, -0.2) is 29.5 Å². The molecular weight excluding hydrogens is 402 g/mol. The van der Waals surface area contributed by atoms with Crippen LogP contribution in [0.3, 0.4) is 0 Å². The summed E-state index contributed by atoms with van der Waals surface area (Å²) in [5, 5.41) is 1.45. The van der Waals surface area contributed by atoms with Gasteiger partial charge in [-0.1, -0.05) is 57.5 Å². The topological polar surface area (TPSA) is 88.1 Å². The summed E-state index contributed by atoms with van der Waals surface area (Å²) in [7, 11) is 0. The van der Waals surface area contributed by atoms with Gasteiger partial charge in [-0.15, -0.1) is 5.06 Å². The molecule has 1 unspecified atom stereocenters. The number of hydrogen-bond acceptors (Lipinski definition) is 7. The monoisotopic (exact) mass is 431 g/mol. The number of amides is 2. The highest BCUT2D eigenvalue weighted by Crippen LogP contribution is 2.24. The molecule has 162 valence electrons. The molecule has 1 atom stereocenters. The lowest BCUT2D eigenvalue weighted by atomic mass is 10.1. The minimum absolute atomic E-state index is 0.0112. The van der Waals surface area contributed by atoms with Crippen LogP contribution in [0.15, 0.2) is 40.4 Å². The maximum atomic E-state index is 11.6. The number of carbonyl (C=O) groups excluding carboxylic acids is 3. The average Bonchev–Trinajstić information content (AvgIpc) is 3.10. The molecule has 1 N–H and O–H groups in total. The molecule has 0 radical (unpaired) electrons. The number of hydroxylamine groups is 2. The van der Waals surface area contributed by atoms with Crippen molar-refractivity contribution in [1.29, 1.82) is 0 Å². The Kier molecular flexibility index (Phi) is 11.4. The smallest absolute Gasteiger partial charge is 0.263 e. The van der Waals surface area contributed by atoms with Gasteiger partial charge in [0.25, 0.3) is 11.8 Å². The highest BCUT2D eigenvalue weighted by atomic mass is 32.2. The Morgan fingerprint density at radius 3 is 2.40 bits per heavy atom. The molecule has 0 aliphatic carbocycles. The Morgan fingerprint density at radius 1 is 1.30 bits per heavy atom.